The summed E-state index contributed by atoms with van der Waals surface area (Å²) in [6.45, 7) is 6.04. The first kappa shape index (κ1) is 14.6. The van der Waals surface area contributed by atoms with Gasteiger partial charge in [0.1, 0.15) is 0 Å². The van der Waals surface area contributed by atoms with Gasteiger partial charge in [0.2, 0.25) is 5.90 Å². The molecule has 0 amide bonds. The van der Waals surface area contributed by atoms with Gasteiger partial charge in [0.15, 0.2) is 5.54 Å². The van der Waals surface area contributed by atoms with Crippen LogP contribution < -0.4 is 0 Å². The number of benzene rings is 1. The molecule has 0 spiro atoms. The van der Waals surface area contributed by atoms with Gasteiger partial charge in [0.05, 0.1) is 0 Å². The van der Waals surface area contributed by atoms with Crippen molar-refractivity contribution in [2.45, 2.75) is 50.8 Å². The summed E-state index contributed by atoms with van der Waals surface area (Å²) in [6.07, 6.45) is 3.21. The van der Waals surface area contributed by atoms with E-state index in [0.29, 0.717) is 11.1 Å². The molecule has 2 aliphatic heterocycles. The maximum Gasteiger partial charge on any atom is 0.340 e. The molecule has 0 saturated carbocycles. The van der Waals surface area contributed by atoms with E-state index in [9.17, 15) is 4.79 Å². The summed E-state index contributed by atoms with van der Waals surface area (Å²) >= 11 is 1.95. The fourth-order valence-corrected chi connectivity index (χ4v) is 4.31. The second kappa shape index (κ2) is 5.48. The second-order valence-corrected chi connectivity index (χ2v) is 7.63. The largest absolute Gasteiger partial charge is 0.405 e. The quantitative estimate of drug-likeness (QED) is 0.800. The molecule has 2 heterocycles. The summed E-state index contributed by atoms with van der Waals surface area (Å²) < 4.78 is 5.47. The Hall–Kier alpha value is -1.29. The molecule has 1 fully saturated rings. The predicted octanol–water partition coefficient (Wildman–Crippen LogP) is 3.65. The highest BCUT2D eigenvalue weighted by molar-refractivity contribution is 8.00. The number of thioether (sulfide) groups is 1. The molecule has 0 bridgehead atoms. The SMILES string of the molecule is Cc1ccc(C2=NC(C)(CC3CCCS3)C(=O)O2)cc1C. The van der Waals surface area contributed by atoms with Crippen LogP contribution in [0, 0.1) is 13.8 Å². The van der Waals surface area contributed by atoms with Crippen LogP contribution in [0.2, 0.25) is 0 Å². The van der Waals surface area contributed by atoms with Crippen LogP contribution in [0.25, 0.3) is 0 Å². The molecule has 1 aromatic rings. The molecule has 112 valence electrons. The number of esters is 1. The highest BCUT2D eigenvalue weighted by Crippen LogP contribution is 2.36. The molecule has 0 aromatic heterocycles. The van der Waals surface area contributed by atoms with E-state index >= 15 is 0 Å². The lowest BCUT2D eigenvalue weighted by Gasteiger charge is -2.19. The minimum Gasteiger partial charge on any atom is -0.405 e. The van der Waals surface area contributed by atoms with Crippen LogP contribution in [0.5, 0.6) is 0 Å². The molecule has 3 rings (SSSR count). The Balaban J connectivity index is 1.84. The van der Waals surface area contributed by atoms with Crippen molar-refractivity contribution in [2.24, 2.45) is 4.99 Å². The molecule has 4 heteroatoms. The molecule has 21 heavy (non-hydrogen) atoms. The summed E-state index contributed by atoms with van der Waals surface area (Å²) in [5.41, 5.74) is 2.60. The van der Waals surface area contributed by atoms with Crippen LogP contribution in [0.4, 0.5) is 0 Å². The molecule has 0 radical (unpaired) electrons. The van der Waals surface area contributed by atoms with E-state index in [0.717, 1.165) is 12.0 Å². The first-order valence-corrected chi connectivity index (χ1v) is 8.54. The van der Waals surface area contributed by atoms with E-state index in [1.807, 2.05) is 36.9 Å². The Morgan fingerprint density at radius 1 is 1.38 bits per heavy atom. The monoisotopic (exact) mass is 303 g/mol. The van der Waals surface area contributed by atoms with E-state index in [-0.39, 0.29) is 5.97 Å². The van der Waals surface area contributed by atoms with Gasteiger partial charge in [0, 0.05) is 10.8 Å². The molecular weight excluding hydrogens is 282 g/mol. The first-order chi connectivity index (χ1) is 9.98. The van der Waals surface area contributed by atoms with E-state index in [4.69, 9.17) is 4.74 Å². The molecule has 2 atom stereocenters. The third-order valence-electron chi connectivity index (χ3n) is 4.38. The Morgan fingerprint density at radius 2 is 2.19 bits per heavy atom. The zero-order valence-corrected chi connectivity index (χ0v) is 13.6. The van der Waals surface area contributed by atoms with Gasteiger partial charge in [-0.15, -0.1) is 0 Å². The lowest BCUT2D eigenvalue weighted by atomic mass is 9.95. The Morgan fingerprint density at radius 3 is 2.86 bits per heavy atom. The number of carbonyl (C=O) groups excluding carboxylic acids is 1. The molecule has 3 nitrogen and oxygen atoms in total. The van der Waals surface area contributed by atoms with Gasteiger partial charge in [-0.3, -0.25) is 0 Å². The molecule has 1 saturated heterocycles. The van der Waals surface area contributed by atoms with Crippen molar-refractivity contribution in [1.29, 1.82) is 0 Å². The number of aliphatic imine (C=N–C) groups is 1. The van der Waals surface area contributed by atoms with E-state index in [1.165, 1.54) is 29.7 Å². The highest BCUT2D eigenvalue weighted by atomic mass is 32.2. The van der Waals surface area contributed by atoms with Crippen LogP contribution in [-0.2, 0) is 9.53 Å². The zero-order valence-electron chi connectivity index (χ0n) is 12.8. The number of rotatable bonds is 3. The van der Waals surface area contributed by atoms with Crippen molar-refractivity contribution < 1.29 is 9.53 Å². The number of carbonyl (C=O) groups is 1. The van der Waals surface area contributed by atoms with Crippen molar-refractivity contribution in [1.82, 2.24) is 0 Å². The second-order valence-electron chi connectivity index (χ2n) is 6.22. The standard InChI is InChI=1S/C17H21NO2S/c1-11-6-7-13(9-12(11)2)15-18-17(3,16(19)20-15)10-14-5-4-8-21-14/h6-7,9,14H,4-5,8,10H2,1-3H3. The van der Waals surface area contributed by atoms with Gasteiger partial charge in [0.25, 0.3) is 0 Å². The fourth-order valence-electron chi connectivity index (χ4n) is 2.87. The van der Waals surface area contributed by atoms with Gasteiger partial charge in [-0.25, -0.2) is 9.79 Å². The third kappa shape index (κ3) is 2.86. The summed E-state index contributed by atoms with van der Waals surface area (Å²) in [6, 6.07) is 6.06. The minimum absolute atomic E-state index is 0.205. The van der Waals surface area contributed by atoms with Crippen molar-refractivity contribution in [2.75, 3.05) is 5.75 Å². The number of ether oxygens (including phenoxy) is 1. The maximum absolute atomic E-state index is 12.3. The Kier molecular flexibility index (Phi) is 3.82. The van der Waals surface area contributed by atoms with Crippen LogP contribution in [0.15, 0.2) is 23.2 Å². The average molecular weight is 303 g/mol. The van der Waals surface area contributed by atoms with E-state index in [2.05, 4.69) is 18.8 Å². The van der Waals surface area contributed by atoms with Gasteiger partial charge < -0.3 is 4.74 Å². The number of aryl methyl sites for hydroxylation is 2. The van der Waals surface area contributed by atoms with Crippen molar-refractivity contribution in [3.8, 4) is 0 Å². The number of cyclic esters (lactones) is 1. The first-order valence-electron chi connectivity index (χ1n) is 7.49. The molecule has 0 aliphatic carbocycles. The molecule has 0 N–H and O–H groups in total. The number of hydrogen-bond donors (Lipinski definition) is 0. The zero-order chi connectivity index (χ0) is 15.0. The number of hydrogen-bond acceptors (Lipinski definition) is 4. The molecular formula is C17H21NO2S. The molecule has 1 aromatic carbocycles. The summed E-state index contributed by atoms with van der Waals surface area (Å²) in [4.78, 5) is 16.9. The van der Waals surface area contributed by atoms with Crippen LogP contribution in [-0.4, -0.2) is 28.4 Å². The minimum atomic E-state index is -0.712. The Labute approximate surface area is 130 Å². The van der Waals surface area contributed by atoms with Gasteiger partial charge in [-0.05, 0) is 69.0 Å². The summed E-state index contributed by atoms with van der Waals surface area (Å²) in [5.74, 6) is 1.47. The van der Waals surface area contributed by atoms with Crippen LogP contribution >= 0.6 is 11.8 Å². The van der Waals surface area contributed by atoms with Gasteiger partial charge in [-0.1, -0.05) is 6.07 Å². The van der Waals surface area contributed by atoms with E-state index < -0.39 is 5.54 Å². The Bertz CT molecular complexity index is 605. The fraction of sp³-hybridized carbons (Fsp3) is 0.529. The summed E-state index contributed by atoms with van der Waals surface area (Å²) in [7, 11) is 0. The van der Waals surface area contributed by atoms with Gasteiger partial charge in [-0.2, -0.15) is 11.8 Å². The van der Waals surface area contributed by atoms with Crippen LogP contribution in [0.3, 0.4) is 0 Å². The van der Waals surface area contributed by atoms with Crippen LogP contribution in [0.1, 0.15) is 42.9 Å². The molecule has 2 unspecified atom stereocenters. The number of nitrogens with zero attached hydrogens (tertiary/aromatic N) is 1. The van der Waals surface area contributed by atoms with Gasteiger partial charge >= 0.3 is 5.97 Å². The van der Waals surface area contributed by atoms with Crippen molar-refractivity contribution in [3.05, 3.63) is 34.9 Å². The molecule has 2 aliphatic rings. The normalized spacial score (nSPS) is 28.6. The van der Waals surface area contributed by atoms with Crippen molar-refractivity contribution >= 4 is 23.6 Å². The summed E-state index contributed by atoms with van der Waals surface area (Å²) in [5, 5.41) is 0.533. The maximum atomic E-state index is 12.3. The van der Waals surface area contributed by atoms with E-state index in [1.54, 1.807) is 0 Å². The lowest BCUT2D eigenvalue weighted by molar-refractivity contribution is -0.138. The highest BCUT2D eigenvalue weighted by Gasteiger charge is 2.44. The average Bonchev–Trinajstić information content (AvgIpc) is 3.03. The van der Waals surface area contributed by atoms with Crippen molar-refractivity contribution in [3.63, 3.8) is 0 Å². The third-order valence-corrected chi connectivity index (χ3v) is 5.78. The smallest absolute Gasteiger partial charge is 0.340 e. The predicted molar refractivity (Wildman–Crippen MR) is 87.0 cm³/mol. The lowest BCUT2D eigenvalue weighted by Crippen LogP contribution is -2.33. The topological polar surface area (TPSA) is 38.7 Å².